The summed E-state index contributed by atoms with van der Waals surface area (Å²) in [5.74, 6) is -0.323. The molecule has 0 N–H and O–H groups in total. The van der Waals surface area contributed by atoms with E-state index in [1.54, 1.807) is 0 Å². The molecule has 0 aromatic heterocycles. The highest BCUT2D eigenvalue weighted by atomic mass is 19.1. The number of esters is 1. The summed E-state index contributed by atoms with van der Waals surface area (Å²) in [6.07, 6.45) is -0.124. The van der Waals surface area contributed by atoms with E-state index >= 15 is 0 Å². The van der Waals surface area contributed by atoms with Crippen molar-refractivity contribution >= 4 is 5.97 Å². The number of carbonyl (C=O) groups is 1. The lowest BCUT2D eigenvalue weighted by Gasteiger charge is -2.27. The third-order valence-corrected chi connectivity index (χ3v) is 3.11. The van der Waals surface area contributed by atoms with Gasteiger partial charge in [0.05, 0.1) is 7.11 Å². The molecule has 2 saturated heterocycles. The van der Waals surface area contributed by atoms with E-state index in [0.29, 0.717) is 19.5 Å². The Bertz CT molecular complexity index is 292. The van der Waals surface area contributed by atoms with Crippen LogP contribution in [0.1, 0.15) is 12.8 Å². The lowest BCUT2D eigenvalue weighted by Crippen LogP contribution is -2.46. The molecule has 0 spiro atoms. The predicted molar refractivity (Wildman–Crippen MR) is 49.6 cm³/mol. The number of rotatable bonds is 1. The maximum atomic E-state index is 13.2. The van der Waals surface area contributed by atoms with E-state index in [-0.39, 0.29) is 12.4 Å². The van der Waals surface area contributed by atoms with Crippen molar-refractivity contribution in [3.63, 3.8) is 0 Å². The minimum absolute atomic E-state index is 0.249. The second-order valence-corrected chi connectivity index (χ2v) is 4.13. The fourth-order valence-corrected chi connectivity index (χ4v) is 2.59. The van der Waals surface area contributed by atoms with Gasteiger partial charge in [-0.25, -0.2) is 4.39 Å². The first kappa shape index (κ1) is 9.65. The highest BCUT2D eigenvalue weighted by Gasteiger charge is 2.55. The fourth-order valence-electron chi connectivity index (χ4n) is 2.59. The smallest absolute Gasteiger partial charge is 0.326 e. The number of methoxy groups -OCH3 is 1. The van der Waals surface area contributed by atoms with Crippen molar-refractivity contribution < 1.29 is 13.9 Å². The molecule has 0 aromatic rings. The summed E-state index contributed by atoms with van der Waals surface area (Å²) in [7, 11) is 1.35. The standard InChI is InChI=1S/C10H14FNO2/c1-7-3-10(9(13)14-2)4-8(11)6-12(10)5-7/h8H,1,3-6H2,2H3/t8-,10+/m0/s1. The molecule has 0 amide bonds. The molecule has 2 atom stereocenters. The summed E-state index contributed by atoms with van der Waals surface area (Å²) in [6, 6.07) is 0. The molecule has 2 fully saturated rings. The van der Waals surface area contributed by atoms with Crippen LogP contribution in [0.3, 0.4) is 0 Å². The van der Waals surface area contributed by atoms with E-state index in [0.717, 1.165) is 5.57 Å². The number of halogens is 1. The van der Waals surface area contributed by atoms with Gasteiger partial charge in [-0.1, -0.05) is 12.2 Å². The fraction of sp³-hybridized carbons (Fsp3) is 0.700. The number of hydrogen-bond acceptors (Lipinski definition) is 3. The zero-order valence-corrected chi connectivity index (χ0v) is 8.25. The van der Waals surface area contributed by atoms with Gasteiger partial charge in [-0.2, -0.15) is 0 Å². The highest BCUT2D eigenvalue weighted by molar-refractivity contribution is 5.82. The molecule has 2 heterocycles. The summed E-state index contributed by atoms with van der Waals surface area (Å²) in [5.41, 5.74) is 0.243. The molecule has 0 saturated carbocycles. The minimum atomic E-state index is -0.915. The highest BCUT2D eigenvalue weighted by Crippen LogP contribution is 2.42. The average Bonchev–Trinajstić information content (AvgIpc) is 2.55. The molecule has 0 unspecified atom stereocenters. The number of carbonyl (C=O) groups excluding carboxylic acids is 1. The van der Waals surface area contributed by atoms with Gasteiger partial charge in [-0.05, 0) is 6.42 Å². The van der Waals surface area contributed by atoms with Crippen LogP contribution in [0.5, 0.6) is 0 Å². The van der Waals surface area contributed by atoms with Gasteiger partial charge in [0.1, 0.15) is 11.7 Å². The molecular formula is C10H14FNO2. The summed E-state index contributed by atoms with van der Waals surface area (Å²) >= 11 is 0. The van der Waals surface area contributed by atoms with E-state index in [1.165, 1.54) is 7.11 Å². The van der Waals surface area contributed by atoms with Crippen LogP contribution in [-0.2, 0) is 9.53 Å². The van der Waals surface area contributed by atoms with Gasteiger partial charge in [0.15, 0.2) is 0 Å². The summed E-state index contributed by atoms with van der Waals surface area (Å²) in [6.45, 7) is 4.80. The molecule has 3 nitrogen and oxygen atoms in total. The number of fused-ring (bicyclic) bond motifs is 1. The molecule has 2 aliphatic heterocycles. The van der Waals surface area contributed by atoms with Gasteiger partial charge >= 0.3 is 5.97 Å². The Kier molecular flexibility index (Phi) is 2.10. The normalized spacial score (nSPS) is 37.3. The molecule has 0 aromatic carbocycles. The van der Waals surface area contributed by atoms with Crippen molar-refractivity contribution in [3.05, 3.63) is 12.2 Å². The van der Waals surface area contributed by atoms with Crippen LogP contribution < -0.4 is 0 Å². The zero-order chi connectivity index (χ0) is 10.3. The third kappa shape index (κ3) is 1.17. The average molecular weight is 199 g/mol. The van der Waals surface area contributed by atoms with Crippen molar-refractivity contribution in [1.29, 1.82) is 0 Å². The number of alkyl halides is 1. The second kappa shape index (κ2) is 3.05. The molecule has 2 aliphatic rings. The Hall–Kier alpha value is -0.900. The topological polar surface area (TPSA) is 29.5 Å². The molecule has 2 rings (SSSR count). The van der Waals surface area contributed by atoms with Gasteiger partial charge in [0.25, 0.3) is 0 Å². The van der Waals surface area contributed by atoms with Crippen LogP contribution >= 0.6 is 0 Å². The number of nitrogens with zero attached hydrogens (tertiary/aromatic N) is 1. The van der Waals surface area contributed by atoms with E-state index in [9.17, 15) is 9.18 Å². The first-order chi connectivity index (χ1) is 6.58. The van der Waals surface area contributed by atoms with Crippen LogP contribution in [0, 0.1) is 0 Å². The lowest BCUT2D eigenvalue weighted by atomic mass is 9.92. The first-order valence-corrected chi connectivity index (χ1v) is 4.73. The van der Waals surface area contributed by atoms with Gasteiger partial charge < -0.3 is 4.74 Å². The van der Waals surface area contributed by atoms with Crippen molar-refractivity contribution in [2.24, 2.45) is 0 Å². The van der Waals surface area contributed by atoms with Crippen molar-refractivity contribution in [2.75, 3.05) is 20.2 Å². The quantitative estimate of drug-likeness (QED) is 0.464. The molecule has 0 bridgehead atoms. The van der Waals surface area contributed by atoms with Crippen LogP contribution in [-0.4, -0.2) is 42.8 Å². The Labute approximate surface area is 82.5 Å². The number of hydrogen-bond donors (Lipinski definition) is 0. The Morgan fingerprint density at radius 1 is 1.79 bits per heavy atom. The van der Waals surface area contributed by atoms with Crippen LogP contribution in [0.4, 0.5) is 4.39 Å². The van der Waals surface area contributed by atoms with Crippen LogP contribution in [0.25, 0.3) is 0 Å². The Morgan fingerprint density at radius 2 is 2.50 bits per heavy atom. The number of ether oxygens (including phenoxy) is 1. The van der Waals surface area contributed by atoms with Crippen molar-refractivity contribution in [2.45, 2.75) is 24.6 Å². The van der Waals surface area contributed by atoms with Crippen LogP contribution in [0.2, 0.25) is 0 Å². The molecular weight excluding hydrogens is 185 g/mol. The van der Waals surface area contributed by atoms with Crippen LogP contribution in [0.15, 0.2) is 12.2 Å². The molecule has 4 heteroatoms. The van der Waals surface area contributed by atoms with Gasteiger partial charge in [0.2, 0.25) is 0 Å². The summed E-state index contributed by atoms with van der Waals surface area (Å²) < 4.78 is 18.0. The van der Waals surface area contributed by atoms with Gasteiger partial charge in [0, 0.05) is 19.5 Å². The molecule has 14 heavy (non-hydrogen) atoms. The van der Waals surface area contributed by atoms with E-state index in [4.69, 9.17) is 4.74 Å². The maximum absolute atomic E-state index is 13.2. The van der Waals surface area contributed by atoms with E-state index in [1.807, 2.05) is 4.90 Å². The molecule has 0 radical (unpaired) electrons. The Balaban J connectivity index is 2.29. The second-order valence-electron chi connectivity index (χ2n) is 4.13. The molecule has 78 valence electrons. The van der Waals surface area contributed by atoms with Gasteiger partial charge in [-0.3, -0.25) is 9.69 Å². The zero-order valence-electron chi connectivity index (χ0n) is 8.25. The van der Waals surface area contributed by atoms with Crippen molar-refractivity contribution in [3.8, 4) is 0 Å². The SMILES string of the molecule is C=C1CN2C[C@@H](F)C[C@@]2(C(=O)OC)C1. The first-order valence-electron chi connectivity index (χ1n) is 4.73. The largest absolute Gasteiger partial charge is 0.468 e. The Morgan fingerprint density at radius 3 is 3.14 bits per heavy atom. The molecule has 0 aliphatic carbocycles. The van der Waals surface area contributed by atoms with Gasteiger partial charge in [-0.15, -0.1) is 0 Å². The lowest BCUT2D eigenvalue weighted by molar-refractivity contribution is -0.151. The maximum Gasteiger partial charge on any atom is 0.326 e. The minimum Gasteiger partial charge on any atom is -0.468 e. The van der Waals surface area contributed by atoms with Crippen molar-refractivity contribution in [1.82, 2.24) is 4.90 Å². The van der Waals surface area contributed by atoms with E-state index < -0.39 is 11.7 Å². The monoisotopic (exact) mass is 199 g/mol. The summed E-state index contributed by atoms with van der Waals surface area (Å²) in [5, 5.41) is 0. The third-order valence-electron chi connectivity index (χ3n) is 3.11. The predicted octanol–water partition coefficient (Wildman–Crippen LogP) is 0.902. The van der Waals surface area contributed by atoms with E-state index in [2.05, 4.69) is 6.58 Å². The summed E-state index contributed by atoms with van der Waals surface area (Å²) in [4.78, 5) is 13.5.